The SMILES string of the molecule is CC(O)C(CO)NC(=O)[C@@H]1CSSC[C@H](NC(=O)[C@H](N)Cc2ccccc2)C(=O)N[C@@H](Cc2ccccc2)C(=O)N[C@H](Cc2c[nH]c3ccccc23)C(=O)N[C@@H](CCCCNc2ccc3cc(F)ccc3n2)C(=O)N[C@@H]([C@@H](C)O)C(=O)N1. The second kappa shape index (κ2) is 30.4. The van der Waals surface area contributed by atoms with Gasteiger partial charge in [-0.3, -0.25) is 33.6 Å². The van der Waals surface area contributed by atoms with Crippen molar-refractivity contribution >= 4 is 90.6 Å². The first kappa shape index (κ1) is 62.0. The molecule has 0 aliphatic carbocycles. The molecule has 7 rings (SSSR count). The van der Waals surface area contributed by atoms with Crippen LogP contribution < -0.4 is 48.3 Å². The number of amides is 7. The quantitative estimate of drug-likeness (QED) is 0.0408. The van der Waals surface area contributed by atoms with E-state index in [-0.39, 0.29) is 37.2 Å². The third kappa shape index (κ3) is 17.9. The third-order valence-corrected chi connectivity index (χ3v) is 16.2. The van der Waals surface area contributed by atoms with Gasteiger partial charge >= 0.3 is 0 Å². The molecule has 1 aliphatic heterocycles. The summed E-state index contributed by atoms with van der Waals surface area (Å²) in [6, 6.07) is 21.9. The highest BCUT2D eigenvalue weighted by atomic mass is 33.1. The Labute approximate surface area is 481 Å². The minimum absolute atomic E-state index is 0.0266. The van der Waals surface area contributed by atoms with Crippen molar-refractivity contribution in [1.29, 1.82) is 0 Å². The van der Waals surface area contributed by atoms with Crippen LogP contribution in [-0.4, -0.2) is 152 Å². The van der Waals surface area contributed by atoms with Crippen LogP contribution in [0.4, 0.5) is 10.2 Å². The Morgan fingerprint density at radius 3 is 2.09 bits per heavy atom. The van der Waals surface area contributed by atoms with Crippen LogP contribution in [-0.2, 0) is 52.8 Å². The van der Waals surface area contributed by atoms with E-state index in [1.807, 2.05) is 30.3 Å². The molecule has 10 atom stereocenters. The van der Waals surface area contributed by atoms with Crippen molar-refractivity contribution in [2.45, 2.75) is 113 Å². The normalized spacial score (nSPS) is 21.3. The van der Waals surface area contributed by atoms with E-state index in [2.05, 4.69) is 52.5 Å². The van der Waals surface area contributed by atoms with Gasteiger partial charge in [0.05, 0.1) is 36.4 Å². The zero-order valence-corrected chi connectivity index (χ0v) is 46.9. The molecule has 0 radical (unpaired) electrons. The summed E-state index contributed by atoms with van der Waals surface area (Å²) in [6.45, 7) is 2.28. The molecule has 436 valence electrons. The Morgan fingerprint density at radius 1 is 0.732 bits per heavy atom. The average Bonchev–Trinajstić information content (AvgIpc) is 3.99. The lowest BCUT2D eigenvalue weighted by atomic mass is 10.0. The Hall–Kier alpha value is -7.61. The Kier molecular flexibility index (Phi) is 23.0. The van der Waals surface area contributed by atoms with Crippen LogP contribution in [0.3, 0.4) is 0 Å². The monoisotopic (exact) mass is 1160 g/mol. The number of hydrogen-bond acceptors (Lipinski definition) is 15. The molecule has 1 aliphatic rings. The Bertz CT molecular complexity index is 3140. The molecule has 6 aromatic rings. The van der Waals surface area contributed by atoms with Crippen molar-refractivity contribution in [3.05, 3.63) is 144 Å². The zero-order chi connectivity index (χ0) is 58.7. The van der Waals surface area contributed by atoms with Gasteiger partial charge in [0.1, 0.15) is 47.9 Å². The molecule has 2 unspecified atom stereocenters. The fraction of sp³-hybridized carbons (Fsp3) is 0.379. The number of unbranched alkanes of at least 4 members (excludes halogenated alkanes) is 1. The molecule has 1 saturated heterocycles. The summed E-state index contributed by atoms with van der Waals surface area (Å²) in [4.78, 5) is 109. The molecule has 21 nitrogen and oxygen atoms in total. The summed E-state index contributed by atoms with van der Waals surface area (Å²) < 4.78 is 13.9. The van der Waals surface area contributed by atoms with E-state index in [0.29, 0.717) is 47.2 Å². The molecule has 1 fully saturated rings. The first-order valence-electron chi connectivity index (χ1n) is 27.0. The van der Waals surface area contributed by atoms with Gasteiger partial charge in [0.25, 0.3) is 0 Å². The van der Waals surface area contributed by atoms with Crippen molar-refractivity contribution in [3.8, 4) is 0 Å². The van der Waals surface area contributed by atoms with Gasteiger partial charge in [-0.15, -0.1) is 0 Å². The van der Waals surface area contributed by atoms with E-state index in [0.717, 1.165) is 38.1 Å². The van der Waals surface area contributed by atoms with Crippen molar-refractivity contribution < 1.29 is 53.3 Å². The topological polar surface area (TPSA) is 331 Å². The number of carbonyl (C=O) groups is 7. The highest BCUT2D eigenvalue weighted by molar-refractivity contribution is 8.76. The molecule has 0 bridgehead atoms. The largest absolute Gasteiger partial charge is 0.394 e. The number of nitrogens with zero attached hydrogens (tertiary/aromatic N) is 1. The zero-order valence-electron chi connectivity index (χ0n) is 45.3. The minimum atomic E-state index is -1.71. The first-order chi connectivity index (χ1) is 39.5. The number of benzene rings is 4. The maximum absolute atomic E-state index is 15.0. The van der Waals surface area contributed by atoms with Gasteiger partial charge in [0.2, 0.25) is 41.4 Å². The number of nitrogens with two attached hydrogens (primary N) is 1. The van der Waals surface area contributed by atoms with Gasteiger partial charge in [0.15, 0.2) is 0 Å². The average molecular weight is 1160 g/mol. The van der Waals surface area contributed by atoms with Crippen molar-refractivity contribution in [2.75, 3.05) is 30.0 Å². The number of hydrogen-bond donors (Lipinski definition) is 13. The van der Waals surface area contributed by atoms with Crippen LogP contribution in [0, 0.1) is 5.82 Å². The molecule has 3 heterocycles. The van der Waals surface area contributed by atoms with Gasteiger partial charge in [-0.05, 0) is 92.6 Å². The fourth-order valence-corrected chi connectivity index (χ4v) is 11.4. The molecule has 4 aromatic carbocycles. The van der Waals surface area contributed by atoms with Gasteiger partial charge in [-0.2, -0.15) is 0 Å². The number of aliphatic hydroxyl groups is 3. The first-order valence-corrected chi connectivity index (χ1v) is 29.5. The molecule has 0 saturated carbocycles. The van der Waals surface area contributed by atoms with Crippen LogP contribution in [0.2, 0.25) is 0 Å². The summed E-state index contributed by atoms with van der Waals surface area (Å²) in [5.74, 6) is -6.09. The number of aliphatic hydroxyl groups excluding tert-OH is 3. The lowest BCUT2D eigenvalue weighted by Crippen LogP contribution is -2.62. The molecular formula is C58H70FN11O10S2. The number of nitrogens with one attached hydrogen (secondary N) is 9. The number of para-hydroxylation sites is 1. The molecule has 14 N–H and O–H groups in total. The maximum Gasteiger partial charge on any atom is 0.245 e. The highest BCUT2D eigenvalue weighted by Gasteiger charge is 2.36. The second-order valence-electron chi connectivity index (χ2n) is 20.1. The number of carbonyl (C=O) groups excluding carboxylic acids is 7. The number of fused-ring (bicyclic) bond motifs is 2. The standard InChI is InChI=1S/C58H70FN11O10S2/c1-33(72)47(30-71)67-57(79)49-32-82-81-31-48(68-52(74)41(60)25-35-13-5-3-6-14-35)56(78)65-45(26-36-15-7-4-8-16-36)54(76)66-46(28-38-29-62-43-18-10-9-17-40(38)43)55(77)64-44(53(75)70-51(34(2)73)58(80)69-49)19-11-12-24-61-50-23-20-37-27-39(59)21-22-42(37)63-50/h3-10,13-18,20-23,27,29,33-34,41,44-49,51,62,71-73H,11-12,19,24-26,28,30-32,60H2,1-2H3,(H,61,63)(H,64,77)(H,65,78)(H,66,76)(H,67,79)(H,68,74)(H,69,80)(H,70,75)/t33?,34-,41-,44+,45+,46-,47?,48+,49+,51+/m1/s1. The predicted octanol–water partition coefficient (Wildman–Crippen LogP) is 2.04. The Morgan fingerprint density at radius 2 is 1.38 bits per heavy atom. The van der Waals surface area contributed by atoms with Gasteiger partial charge in [-0.1, -0.05) is 100 Å². The number of anilines is 1. The van der Waals surface area contributed by atoms with Gasteiger partial charge in [-0.25, -0.2) is 9.37 Å². The van der Waals surface area contributed by atoms with Crippen molar-refractivity contribution in [2.24, 2.45) is 5.73 Å². The smallest absolute Gasteiger partial charge is 0.245 e. The van der Waals surface area contributed by atoms with Crippen molar-refractivity contribution in [3.63, 3.8) is 0 Å². The van der Waals surface area contributed by atoms with E-state index in [1.54, 1.807) is 79.0 Å². The van der Waals surface area contributed by atoms with E-state index in [9.17, 15) is 53.3 Å². The number of aromatic nitrogens is 2. The van der Waals surface area contributed by atoms with E-state index in [1.165, 1.54) is 26.0 Å². The van der Waals surface area contributed by atoms with Crippen LogP contribution in [0.1, 0.15) is 49.8 Å². The summed E-state index contributed by atoms with van der Waals surface area (Å²) in [6.07, 6.45) is -0.466. The van der Waals surface area contributed by atoms with E-state index in [4.69, 9.17) is 5.73 Å². The fourth-order valence-electron chi connectivity index (χ4n) is 9.12. The van der Waals surface area contributed by atoms with Gasteiger partial charge < -0.3 is 68.6 Å². The van der Waals surface area contributed by atoms with Crippen LogP contribution >= 0.6 is 21.6 Å². The minimum Gasteiger partial charge on any atom is -0.394 e. The summed E-state index contributed by atoms with van der Waals surface area (Å²) in [5, 5.41) is 54.9. The molecule has 82 heavy (non-hydrogen) atoms. The van der Waals surface area contributed by atoms with Crippen LogP contribution in [0.15, 0.2) is 121 Å². The third-order valence-electron chi connectivity index (χ3n) is 13.8. The number of rotatable bonds is 19. The lowest BCUT2D eigenvalue weighted by Gasteiger charge is -2.29. The molecule has 24 heteroatoms. The summed E-state index contributed by atoms with van der Waals surface area (Å²) >= 11 is 0. The number of pyridine rings is 1. The number of aromatic amines is 1. The van der Waals surface area contributed by atoms with Crippen molar-refractivity contribution in [1.82, 2.24) is 47.2 Å². The molecule has 7 amide bonds. The summed E-state index contributed by atoms with van der Waals surface area (Å²) in [7, 11) is 2.04. The number of halogens is 1. The maximum atomic E-state index is 15.0. The Balaban J connectivity index is 1.23. The molecule has 0 spiro atoms. The predicted molar refractivity (Wildman–Crippen MR) is 313 cm³/mol. The highest BCUT2D eigenvalue weighted by Crippen LogP contribution is 2.25. The molecular weight excluding hydrogens is 1090 g/mol. The van der Waals surface area contributed by atoms with E-state index < -0.39 is 114 Å². The van der Waals surface area contributed by atoms with Crippen LogP contribution in [0.5, 0.6) is 0 Å². The van der Waals surface area contributed by atoms with Crippen LogP contribution in [0.25, 0.3) is 21.8 Å². The lowest BCUT2D eigenvalue weighted by molar-refractivity contribution is -0.136. The molecule has 2 aromatic heterocycles. The number of H-pyrrole nitrogens is 1. The van der Waals surface area contributed by atoms with Gasteiger partial charge in [0, 0.05) is 53.4 Å². The summed E-state index contributed by atoms with van der Waals surface area (Å²) in [5.41, 5.74) is 9.75. The van der Waals surface area contributed by atoms with E-state index >= 15 is 0 Å². The second-order valence-corrected chi connectivity index (χ2v) is 22.7.